The zero-order valence-electron chi connectivity index (χ0n) is 5.76. The van der Waals surface area contributed by atoms with Crippen LogP contribution in [0, 0.1) is 0 Å². The van der Waals surface area contributed by atoms with Crippen LogP contribution in [-0.2, 0) is 23.3 Å². The van der Waals surface area contributed by atoms with E-state index < -0.39 is 17.9 Å². The van der Waals surface area contributed by atoms with E-state index in [0.29, 0.717) is 0 Å². The Balaban J connectivity index is 4.40. The highest BCUT2D eigenvalue weighted by atomic mass is 32.2. The Morgan fingerprint density at radius 1 is 1.55 bits per heavy atom. The Bertz CT molecular complexity index is 260. The molecule has 0 radical (unpaired) electrons. The molecule has 4 N–H and O–H groups in total. The van der Waals surface area contributed by atoms with Crippen molar-refractivity contribution in [2.24, 2.45) is 11.4 Å². The molecule has 1 unspecified atom stereocenters. The van der Waals surface area contributed by atoms with E-state index in [0.717, 1.165) is 0 Å². The van der Waals surface area contributed by atoms with Gasteiger partial charge in [0.2, 0.25) is 0 Å². The normalized spacial score (nSPS) is 17.7. The summed E-state index contributed by atoms with van der Waals surface area (Å²) in [6.45, 7) is 1.30. The summed E-state index contributed by atoms with van der Waals surface area (Å²) in [4.78, 5) is 0. The first kappa shape index (κ1) is 11.0. The Morgan fingerprint density at radius 2 is 2.00 bits per heavy atom. The topological polar surface area (TPSA) is 122 Å². The molecule has 0 saturated heterocycles. The van der Waals surface area contributed by atoms with Crippen LogP contribution in [0.3, 0.4) is 0 Å². The van der Waals surface area contributed by atoms with E-state index in [1.165, 1.54) is 6.92 Å². The lowest BCUT2D eigenvalue weighted by Crippen LogP contribution is -2.14. The monoisotopic (exact) mass is 204 g/mol. The highest BCUT2D eigenvalue weighted by Crippen LogP contribution is 2.38. The van der Waals surface area contributed by atoms with Gasteiger partial charge in [0.05, 0.1) is 5.75 Å². The SMILES string of the molecule is CCS(=O)(=O)OP(N)(=O)ON. The average molecular weight is 204 g/mol. The lowest BCUT2D eigenvalue weighted by molar-refractivity contribution is 0.276. The van der Waals surface area contributed by atoms with Gasteiger partial charge in [-0.05, 0) is 6.92 Å². The molecule has 0 spiro atoms. The van der Waals surface area contributed by atoms with Gasteiger partial charge >= 0.3 is 7.75 Å². The summed E-state index contributed by atoms with van der Waals surface area (Å²) in [5.74, 6) is 4.04. The molecule has 0 fully saturated rings. The lowest BCUT2D eigenvalue weighted by atomic mass is 11.0. The van der Waals surface area contributed by atoms with E-state index in [9.17, 15) is 13.0 Å². The van der Waals surface area contributed by atoms with Crippen molar-refractivity contribution in [2.75, 3.05) is 5.75 Å². The maximum Gasteiger partial charge on any atom is 0.433 e. The second-order valence-corrected chi connectivity index (χ2v) is 5.15. The van der Waals surface area contributed by atoms with Crippen LogP contribution in [0.5, 0.6) is 0 Å². The van der Waals surface area contributed by atoms with Crippen molar-refractivity contribution in [3.05, 3.63) is 0 Å². The summed E-state index contributed by atoms with van der Waals surface area (Å²) in [7, 11) is -8.00. The molecule has 0 rings (SSSR count). The summed E-state index contributed by atoms with van der Waals surface area (Å²) in [5.41, 5.74) is 4.68. The number of hydrogen-bond acceptors (Lipinski definition) is 6. The number of rotatable bonds is 4. The molecular formula is C2H9N2O5PS. The molecule has 9 heteroatoms. The molecule has 0 aromatic rings. The minimum Gasteiger partial charge on any atom is -0.239 e. The highest BCUT2D eigenvalue weighted by Gasteiger charge is 2.25. The van der Waals surface area contributed by atoms with Gasteiger partial charge in [0.1, 0.15) is 0 Å². The van der Waals surface area contributed by atoms with Gasteiger partial charge in [0, 0.05) is 0 Å². The van der Waals surface area contributed by atoms with Crippen molar-refractivity contribution in [2.45, 2.75) is 6.92 Å². The van der Waals surface area contributed by atoms with Crippen LogP contribution in [0.25, 0.3) is 0 Å². The van der Waals surface area contributed by atoms with Crippen molar-refractivity contribution >= 4 is 17.9 Å². The first-order chi connectivity index (χ1) is 4.83. The molecular weight excluding hydrogens is 195 g/mol. The summed E-state index contributed by atoms with van der Waals surface area (Å²) in [6.07, 6.45) is 0. The summed E-state index contributed by atoms with van der Waals surface area (Å²) in [6, 6.07) is 0. The molecule has 0 saturated carbocycles. The quantitative estimate of drug-likeness (QED) is 0.459. The smallest absolute Gasteiger partial charge is 0.239 e. The Morgan fingerprint density at radius 3 is 2.27 bits per heavy atom. The molecule has 0 aliphatic heterocycles. The van der Waals surface area contributed by atoms with Gasteiger partial charge in [-0.2, -0.15) is 12.4 Å². The van der Waals surface area contributed by atoms with E-state index in [-0.39, 0.29) is 5.75 Å². The molecule has 0 aromatic heterocycles. The van der Waals surface area contributed by atoms with Gasteiger partial charge in [-0.3, -0.25) is 0 Å². The third-order valence-electron chi connectivity index (χ3n) is 0.718. The molecule has 1 atom stereocenters. The van der Waals surface area contributed by atoms with Crippen LogP contribution in [0.4, 0.5) is 0 Å². The van der Waals surface area contributed by atoms with Crippen LogP contribution in [-0.4, -0.2) is 14.2 Å². The van der Waals surface area contributed by atoms with E-state index >= 15 is 0 Å². The zero-order chi connectivity index (χ0) is 9.12. The average Bonchev–Trinajstić information content (AvgIpc) is 1.86. The van der Waals surface area contributed by atoms with Crippen LogP contribution in [0.2, 0.25) is 0 Å². The molecule has 7 nitrogen and oxygen atoms in total. The first-order valence-corrected chi connectivity index (χ1v) is 5.73. The number of hydrogen-bond donors (Lipinski definition) is 2. The summed E-state index contributed by atoms with van der Waals surface area (Å²) >= 11 is 0. The van der Waals surface area contributed by atoms with Gasteiger partial charge in [0.25, 0.3) is 10.1 Å². The van der Waals surface area contributed by atoms with Crippen molar-refractivity contribution in [1.29, 1.82) is 0 Å². The van der Waals surface area contributed by atoms with Crippen molar-refractivity contribution in [3.8, 4) is 0 Å². The highest BCUT2D eigenvalue weighted by molar-refractivity contribution is 7.90. The van der Waals surface area contributed by atoms with Crippen molar-refractivity contribution < 1.29 is 21.6 Å². The minimum atomic E-state index is -4.12. The summed E-state index contributed by atoms with van der Waals surface area (Å²) in [5, 5.41) is 0. The molecule has 68 valence electrons. The maximum absolute atomic E-state index is 10.6. The largest absolute Gasteiger partial charge is 0.433 e. The predicted molar refractivity (Wildman–Crippen MR) is 37.6 cm³/mol. The van der Waals surface area contributed by atoms with Crippen LogP contribution in [0.1, 0.15) is 6.92 Å². The Kier molecular flexibility index (Phi) is 3.62. The van der Waals surface area contributed by atoms with E-state index in [4.69, 9.17) is 0 Å². The number of nitrogens with two attached hydrogens (primary N) is 2. The standard InChI is InChI=1S/C2H9N2O5PS/c1-2-11(6,7)9-10(4,5)8-3/h2-3H2,1H3,(H2,4,5). The van der Waals surface area contributed by atoms with Crippen LogP contribution in [0.15, 0.2) is 0 Å². The molecule has 0 aromatic carbocycles. The molecule has 0 bridgehead atoms. The third-order valence-corrected chi connectivity index (χ3v) is 3.46. The van der Waals surface area contributed by atoms with Gasteiger partial charge in [-0.25, -0.2) is 20.6 Å². The predicted octanol–water partition coefficient (Wildman–Crippen LogP) is -0.690. The minimum absolute atomic E-state index is 0.350. The fourth-order valence-electron chi connectivity index (χ4n) is 0.229. The van der Waals surface area contributed by atoms with Crippen LogP contribution < -0.4 is 11.4 Å². The molecule has 0 aliphatic rings. The van der Waals surface area contributed by atoms with Crippen LogP contribution >= 0.6 is 7.75 Å². The second kappa shape index (κ2) is 3.61. The zero-order valence-corrected chi connectivity index (χ0v) is 7.47. The lowest BCUT2D eigenvalue weighted by Gasteiger charge is -2.07. The van der Waals surface area contributed by atoms with E-state index in [2.05, 4.69) is 20.0 Å². The fourth-order valence-corrected chi connectivity index (χ4v) is 2.06. The van der Waals surface area contributed by atoms with Crippen molar-refractivity contribution in [1.82, 2.24) is 0 Å². The molecule has 11 heavy (non-hydrogen) atoms. The van der Waals surface area contributed by atoms with Gasteiger partial charge in [0.15, 0.2) is 0 Å². The second-order valence-electron chi connectivity index (χ2n) is 1.57. The van der Waals surface area contributed by atoms with E-state index in [1.54, 1.807) is 0 Å². The van der Waals surface area contributed by atoms with Gasteiger partial charge in [-0.15, -0.1) is 0 Å². The summed E-state index contributed by atoms with van der Waals surface area (Å²) < 4.78 is 39.2. The van der Waals surface area contributed by atoms with Gasteiger partial charge < -0.3 is 0 Å². The molecule has 0 heterocycles. The van der Waals surface area contributed by atoms with Gasteiger partial charge in [-0.1, -0.05) is 0 Å². The Labute approximate surface area is 64.3 Å². The van der Waals surface area contributed by atoms with Crippen molar-refractivity contribution in [3.63, 3.8) is 0 Å². The Hall–Kier alpha value is 0.0200. The first-order valence-electron chi connectivity index (χ1n) is 2.54. The molecule has 0 aliphatic carbocycles. The molecule has 0 amide bonds. The maximum atomic E-state index is 10.6. The fraction of sp³-hybridized carbons (Fsp3) is 1.00. The van der Waals surface area contributed by atoms with E-state index in [1.807, 2.05) is 0 Å². The third kappa shape index (κ3) is 4.46.